The van der Waals surface area contributed by atoms with Crippen LogP contribution in [0, 0.1) is 0 Å². The summed E-state index contributed by atoms with van der Waals surface area (Å²) in [6, 6.07) is 5.54. The molecule has 17 heavy (non-hydrogen) atoms. The smallest absolute Gasteiger partial charge is 0.150 e. The summed E-state index contributed by atoms with van der Waals surface area (Å²) < 4.78 is 5.98. The predicted molar refractivity (Wildman–Crippen MR) is 73.8 cm³/mol. The van der Waals surface area contributed by atoms with E-state index in [1.807, 2.05) is 18.2 Å². The number of carbonyl (C=O) groups is 1. The normalized spacial score (nSPS) is 10.0. The lowest BCUT2D eigenvalue weighted by Crippen LogP contribution is -2.27. The molecule has 0 heterocycles. The summed E-state index contributed by atoms with van der Waals surface area (Å²) in [6.07, 6.45) is 2.68. The van der Waals surface area contributed by atoms with E-state index in [1.54, 1.807) is 13.2 Å². The Hall–Kier alpha value is -1.13. The van der Waals surface area contributed by atoms with Crippen molar-refractivity contribution in [1.29, 1.82) is 0 Å². The maximum atomic E-state index is 10.7. The number of aldehydes is 1. The monoisotopic (exact) mass is 297 g/mol. The van der Waals surface area contributed by atoms with Crippen molar-refractivity contribution in [3.63, 3.8) is 0 Å². The molecule has 0 unspecified atom stereocenters. The first-order chi connectivity index (χ1) is 8.22. The lowest BCUT2D eigenvalue weighted by molar-refractivity contribution is 0.112. The molecule has 1 aromatic rings. The van der Waals surface area contributed by atoms with Gasteiger partial charge in [0, 0.05) is 30.2 Å². The summed E-state index contributed by atoms with van der Waals surface area (Å²) >= 11 is 3.47. The van der Waals surface area contributed by atoms with Gasteiger partial charge in [-0.05, 0) is 34.1 Å². The molecule has 0 fully saturated rings. The van der Waals surface area contributed by atoms with Crippen molar-refractivity contribution < 1.29 is 9.53 Å². The minimum atomic E-state index is 0.649. The average Bonchev–Trinajstić information content (AvgIpc) is 2.34. The summed E-state index contributed by atoms with van der Waals surface area (Å²) in [5.74, 6) is 0. The van der Waals surface area contributed by atoms with Gasteiger partial charge in [-0.2, -0.15) is 0 Å². The third-order valence-corrected chi connectivity index (χ3v) is 3.00. The Bertz CT molecular complexity index is 393. The van der Waals surface area contributed by atoms with E-state index in [2.05, 4.69) is 27.4 Å². The number of nitrogens with zero attached hydrogens (tertiary/aromatic N) is 1. The van der Waals surface area contributed by atoms with Gasteiger partial charge in [0.15, 0.2) is 0 Å². The van der Waals surface area contributed by atoms with Crippen LogP contribution in [0.15, 0.2) is 35.3 Å². The fourth-order valence-corrected chi connectivity index (χ4v) is 2.17. The number of benzene rings is 1. The van der Waals surface area contributed by atoms with E-state index in [1.165, 1.54) is 0 Å². The van der Waals surface area contributed by atoms with E-state index in [4.69, 9.17) is 4.74 Å². The van der Waals surface area contributed by atoms with Crippen molar-refractivity contribution in [2.24, 2.45) is 0 Å². The minimum absolute atomic E-state index is 0.649. The van der Waals surface area contributed by atoms with E-state index in [0.717, 1.165) is 29.5 Å². The van der Waals surface area contributed by atoms with Crippen molar-refractivity contribution in [3.05, 3.63) is 40.9 Å². The predicted octanol–water partition coefficient (Wildman–Crippen LogP) is 2.90. The number of methoxy groups -OCH3 is 1. The van der Waals surface area contributed by atoms with Crippen LogP contribution in [0.1, 0.15) is 10.4 Å². The average molecular weight is 298 g/mol. The summed E-state index contributed by atoms with van der Waals surface area (Å²) in [4.78, 5) is 12.8. The standard InChI is InChI=1S/C13H16BrNO2/c1-3-6-15(7-8-17-2)13-5-4-11(10-16)9-12(13)14/h3-5,9-10H,1,6-8H2,2H3. The van der Waals surface area contributed by atoms with E-state index in [-0.39, 0.29) is 0 Å². The van der Waals surface area contributed by atoms with Gasteiger partial charge in [0.25, 0.3) is 0 Å². The summed E-state index contributed by atoms with van der Waals surface area (Å²) in [5.41, 5.74) is 1.69. The van der Waals surface area contributed by atoms with Crippen LogP contribution in [0.4, 0.5) is 5.69 Å². The van der Waals surface area contributed by atoms with Crippen LogP contribution in [-0.2, 0) is 4.74 Å². The molecular formula is C13H16BrNO2. The molecule has 0 aromatic heterocycles. The van der Waals surface area contributed by atoms with E-state index in [0.29, 0.717) is 12.2 Å². The van der Waals surface area contributed by atoms with Crippen LogP contribution in [0.3, 0.4) is 0 Å². The van der Waals surface area contributed by atoms with Crippen LogP contribution < -0.4 is 4.90 Å². The summed E-state index contributed by atoms with van der Waals surface area (Å²) in [5, 5.41) is 0. The lowest BCUT2D eigenvalue weighted by atomic mass is 10.2. The fraction of sp³-hybridized carbons (Fsp3) is 0.308. The van der Waals surface area contributed by atoms with Gasteiger partial charge in [0.2, 0.25) is 0 Å². The Balaban J connectivity index is 2.92. The molecule has 1 aromatic carbocycles. The van der Waals surface area contributed by atoms with Gasteiger partial charge in [0.05, 0.1) is 12.3 Å². The highest BCUT2D eigenvalue weighted by atomic mass is 79.9. The molecule has 4 heteroatoms. The number of hydrogen-bond acceptors (Lipinski definition) is 3. The Morgan fingerprint density at radius 1 is 1.53 bits per heavy atom. The van der Waals surface area contributed by atoms with Gasteiger partial charge in [0.1, 0.15) is 6.29 Å². The van der Waals surface area contributed by atoms with Crippen LogP contribution in [0.25, 0.3) is 0 Å². The first kappa shape index (κ1) is 13.9. The Morgan fingerprint density at radius 2 is 2.29 bits per heavy atom. The third kappa shape index (κ3) is 3.98. The van der Waals surface area contributed by atoms with Crippen LogP contribution in [0.2, 0.25) is 0 Å². The second kappa shape index (κ2) is 7.25. The van der Waals surface area contributed by atoms with Gasteiger partial charge in [-0.15, -0.1) is 6.58 Å². The van der Waals surface area contributed by atoms with Gasteiger partial charge in [-0.1, -0.05) is 6.08 Å². The number of hydrogen-bond donors (Lipinski definition) is 0. The van der Waals surface area contributed by atoms with E-state index in [9.17, 15) is 4.79 Å². The van der Waals surface area contributed by atoms with Gasteiger partial charge >= 0.3 is 0 Å². The fourth-order valence-electron chi connectivity index (χ4n) is 1.52. The number of halogens is 1. The number of ether oxygens (including phenoxy) is 1. The highest BCUT2D eigenvalue weighted by Gasteiger charge is 2.09. The molecule has 0 radical (unpaired) electrons. The van der Waals surface area contributed by atoms with Gasteiger partial charge < -0.3 is 9.64 Å². The number of carbonyl (C=O) groups excluding carboxylic acids is 1. The zero-order chi connectivity index (χ0) is 12.7. The Labute approximate surface area is 110 Å². The molecule has 0 aliphatic heterocycles. The molecule has 0 atom stereocenters. The first-order valence-electron chi connectivity index (χ1n) is 5.32. The Morgan fingerprint density at radius 3 is 2.82 bits per heavy atom. The molecule has 3 nitrogen and oxygen atoms in total. The van der Waals surface area contributed by atoms with Crippen molar-refractivity contribution in [1.82, 2.24) is 0 Å². The van der Waals surface area contributed by atoms with Crippen molar-refractivity contribution in [3.8, 4) is 0 Å². The highest BCUT2D eigenvalue weighted by Crippen LogP contribution is 2.26. The van der Waals surface area contributed by atoms with Crippen LogP contribution in [-0.4, -0.2) is 33.1 Å². The minimum Gasteiger partial charge on any atom is -0.383 e. The molecule has 0 spiro atoms. The number of rotatable bonds is 7. The lowest BCUT2D eigenvalue weighted by Gasteiger charge is -2.24. The molecular weight excluding hydrogens is 282 g/mol. The molecule has 0 saturated heterocycles. The molecule has 0 bridgehead atoms. The molecule has 1 rings (SSSR count). The van der Waals surface area contributed by atoms with Crippen LogP contribution in [0.5, 0.6) is 0 Å². The van der Waals surface area contributed by atoms with E-state index < -0.39 is 0 Å². The third-order valence-electron chi connectivity index (χ3n) is 2.36. The molecule has 0 saturated carbocycles. The second-order valence-electron chi connectivity index (χ2n) is 3.56. The summed E-state index contributed by atoms with van der Waals surface area (Å²) in [7, 11) is 1.68. The molecule has 0 aliphatic rings. The molecule has 0 N–H and O–H groups in total. The van der Waals surface area contributed by atoms with Gasteiger partial charge in [-0.3, -0.25) is 4.79 Å². The highest BCUT2D eigenvalue weighted by molar-refractivity contribution is 9.10. The molecule has 92 valence electrons. The maximum absolute atomic E-state index is 10.7. The van der Waals surface area contributed by atoms with Crippen molar-refractivity contribution in [2.45, 2.75) is 0 Å². The SMILES string of the molecule is C=CCN(CCOC)c1ccc(C=O)cc1Br. The number of anilines is 1. The topological polar surface area (TPSA) is 29.5 Å². The Kier molecular flexibility index (Phi) is 5.94. The van der Waals surface area contributed by atoms with Crippen molar-refractivity contribution >= 4 is 27.9 Å². The molecule has 0 aliphatic carbocycles. The first-order valence-corrected chi connectivity index (χ1v) is 6.11. The largest absolute Gasteiger partial charge is 0.383 e. The summed E-state index contributed by atoms with van der Waals surface area (Å²) in [6.45, 7) is 5.91. The molecule has 0 amide bonds. The van der Waals surface area contributed by atoms with Crippen molar-refractivity contribution in [2.75, 3.05) is 31.7 Å². The zero-order valence-electron chi connectivity index (χ0n) is 9.86. The van der Waals surface area contributed by atoms with Crippen LogP contribution >= 0.6 is 15.9 Å². The second-order valence-corrected chi connectivity index (χ2v) is 4.41. The zero-order valence-corrected chi connectivity index (χ0v) is 11.4. The maximum Gasteiger partial charge on any atom is 0.150 e. The van der Waals surface area contributed by atoms with E-state index >= 15 is 0 Å². The van der Waals surface area contributed by atoms with Gasteiger partial charge in [-0.25, -0.2) is 0 Å². The quantitative estimate of drug-likeness (QED) is 0.572.